The van der Waals surface area contributed by atoms with Gasteiger partial charge in [-0.3, -0.25) is 9.69 Å². The molecule has 1 saturated heterocycles. The molecule has 0 saturated carbocycles. The second-order valence-electron chi connectivity index (χ2n) is 5.35. The van der Waals surface area contributed by atoms with Crippen LogP contribution < -0.4 is 0 Å². The molecule has 114 valence electrons. The molecule has 2 heterocycles. The second kappa shape index (κ2) is 6.54. The van der Waals surface area contributed by atoms with Crippen molar-refractivity contribution in [1.29, 1.82) is 0 Å². The van der Waals surface area contributed by atoms with Crippen LogP contribution >= 0.6 is 15.9 Å². The zero-order valence-electron chi connectivity index (χ0n) is 11.9. The first-order valence-corrected chi connectivity index (χ1v) is 7.97. The third-order valence-corrected chi connectivity index (χ3v) is 4.36. The predicted molar refractivity (Wildman–Crippen MR) is 86.2 cm³/mol. The molecule has 1 atom stereocenters. The van der Waals surface area contributed by atoms with E-state index < -0.39 is 12.0 Å². The average molecular weight is 362 g/mol. The van der Waals surface area contributed by atoms with E-state index in [-0.39, 0.29) is 0 Å². The van der Waals surface area contributed by atoms with Crippen LogP contribution in [0.15, 0.2) is 41.0 Å². The number of carbonyl (C=O) groups is 1. The van der Waals surface area contributed by atoms with E-state index >= 15 is 0 Å². The Balaban J connectivity index is 1.79. The average Bonchev–Trinajstić information content (AvgIpc) is 2.96. The molecule has 0 amide bonds. The van der Waals surface area contributed by atoms with Gasteiger partial charge in [-0.1, -0.05) is 28.1 Å². The van der Waals surface area contributed by atoms with Gasteiger partial charge in [-0.2, -0.15) is 0 Å². The molecule has 2 aromatic rings. The van der Waals surface area contributed by atoms with Crippen molar-refractivity contribution < 1.29 is 9.90 Å². The highest BCUT2D eigenvalue weighted by atomic mass is 79.9. The molecule has 1 aromatic heterocycles. The van der Waals surface area contributed by atoms with Gasteiger partial charge in [-0.25, -0.2) is 9.97 Å². The van der Waals surface area contributed by atoms with Gasteiger partial charge in [0.1, 0.15) is 6.04 Å². The van der Waals surface area contributed by atoms with Gasteiger partial charge < -0.3 is 5.11 Å². The maximum absolute atomic E-state index is 11.2. The van der Waals surface area contributed by atoms with Crippen LogP contribution in [-0.2, 0) is 11.3 Å². The first kappa shape index (κ1) is 15.1. The number of rotatable bonds is 4. The van der Waals surface area contributed by atoms with E-state index in [0.717, 1.165) is 28.7 Å². The summed E-state index contributed by atoms with van der Waals surface area (Å²) in [4.78, 5) is 22.1. The van der Waals surface area contributed by atoms with Crippen LogP contribution in [0, 0.1) is 0 Å². The summed E-state index contributed by atoms with van der Waals surface area (Å²) in [7, 11) is 0. The fourth-order valence-corrected chi connectivity index (χ4v) is 2.99. The van der Waals surface area contributed by atoms with E-state index in [1.54, 1.807) is 6.20 Å². The highest BCUT2D eigenvalue weighted by Gasteiger charge is 2.30. The molecular formula is C16H16BrN3O2. The van der Waals surface area contributed by atoms with Crippen molar-refractivity contribution in [2.45, 2.75) is 25.4 Å². The molecule has 1 N–H and O–H groups in total. The van der Waals surface area contributed by atoms with E-state index in [0.29, 0.717) is 18.8 Å². The molecule has 0 radical (unpaired) electrons. The lowest BCUT2D eigenvalue weighted by Crippen LogP contribution is -2.35. The predicted octanol–water partition coefficient (Wildman–Crippen LogP) is 2.96. The highest BCUT2D eigenvalue weighted by Crippen LogP contribution is 2.21. The topological polar surface area (TPSA) is 66.3 Å². The summed E-state index contributed by atoms with van der Waals surface area (Å²) in [5, 5.41) is 9.24. The number of hydrogen-bond acceptors (Lipinski definition) is 4. The maximum Gasteiger partial charge on any atom is 0.320 e. The minimum atomic E-state index is -0.750. The van der Waals surface area contributed by atoms with E-state index in [1.165, 1.54) is 0 Å². The Morgan fingerprint density at radius 1 is 1.32 bits per heavy atom. The van der Waals surface area contributed by atoms with Crippen molar-refractivity contribution in [3.8, 4) is 11.4 Å². The molecule has 0 bridgehead atoms. The summed E-state index contributed by atoms with van der Waals surface area (Å²) in [5.41, 5.74) is 1.79. The number of nitrogens with zero attached hydrogens (tertiary/aromatic N) is 3. The number of aliphatic carboxylic acids is 1. The first-order chi connectivity index (χ1) is 10.6. The highest BCUT2D eigenvalue weighted by molar-refractivity contribution is 9.10. The molecule has 5 nitrogen and oxygen atoms in total. The molecular weight excluding hydrogens is 346 g/mol. The molecule has 1 fully saturated rings. The third-order valence-electron chi connectivity index (χ3n) is 3.83. The maximum atomic E-state index is 11.2. The van der Waals surface area contributed by atoms with E-state index in [4.69, 9.17) is 0 Å². The van der Waals surface area contributed by atoms with Crippen molar-refractivity contribution in [2.24, 2.45) is 0 Å². The van der Waals surface area contributed by atoms with Crippen LogP contribution in [0.5, 0.6) is 0 Å². The van der Waals surface area contributed by atoms with Crippen LogP contribution in [0.1, 0.15) is 18.5 Å². The molecule has 6 heteroatoms. The number of carboxylic acid groups (broad SMARTS) is 1. The minimum Gasteiger partial charge on any atom is -0.480 e. The lowest BCUT2D eigenvalue weighted by Gasteiger charge is -2.20. The van der Waals surface area contributed by atoms with Crippen LogP contribution in [-0.4, -0.2) is 38.5 Å². The van der Waals surface area contributed by atoms with Crippen LogP contribution in [0.2, 0.25) is 0 Å². The Hall–Kier alpha value is -1.79. The SMILES string of the molecule is O=C(O)[C@@H]1CCCN1Cc1ccnc(-c2ccc(Br)cc2)n1. The monoisotopic (exact) mass is 361 g/mol. The van der Waals surface area contributed by atoms with Gasteiger partial charge >= 0.3 is 5.97 Å². The number of hydrogen-bond donors (Lipinski definition) is 1. The normalized spacial score (nSPS) is 18.5. The molecule has 22 heavy (non-hydrogen) atoms. The summed E-state index contributed by atoms with van der Waals surface area (Å²) >= 11 is 3.41. The summed E-state index contributed by atoms with van der Waals surface area (Å²) in [6.45, 7) is 1.34. The van der Waals surface area contributed by atoms with Crippen molar-refractivity contribution in [1.82, 2.24) is 14.9 Å². The first-order valence-electron chi connectivity index (χ1n) is 7.18. The quantitative estimate of drug-likeness (QED) is 0.906. The Labute approximate surface area is 137 Å². The summed E-state index contributed by atoms with van der Waals surface area (Å²) in [6, 6.07) is 9.27. The number of benzene rings is 1. The van der Waals surface area contributed by atoms with Crippen molar-refractivity contribution in [3.63, 3.8) is 0 Å². The molecule has 1 aliphatic rings. The summed E-state index contributed by atoms with van der Waals surface area (Å²) < 4.78 is 1.01. The van der Waals surface area contributed by atoms with E-state index in [1.807, 2.05) is 35.2 Å². The number of carboxylic acids is 1. The lowest BCUT2D eigenvalue weighted by atomic mass is 10.2. The Bertz CT molecular complexity index is 675. The number of aromatic nitrogens is 2. The molecule has 0 spiro atoms. The van der Waals surface area contributed by atoms with Crippen LogP contribution in [0.25, 0.3) is 11.4 Å². The summed E-state index contributed by atoms with van der Waals surface area (Å²) in [5.74, 6) is -0.0873. The fourth-order valence-electron chi connectivity index (χ4n) is 2.73. The second-order valence-corrected chi connectivity index (χ2v) is 6.26. The minimum absolute atomic E-state index is 0.397. The molecule has 1 aliphatic heterocycles. The van der Waals surface area contributed by atoms with E-state index in [2.05, 4.69) is 25.9 Å². The van der Waals surface area contributed by atoms with Gasteiger partial charge in [0.2, 0.25) is 0 Å². The Morgan fingerprint density at radius 2 is 2.09 bits per heavy atom. The van der Waals surface area contributed by atoms with Crippen molar-refractivity contribution in [3.05, 3.63) is 46.7 Å². The van der Waals surface area contributed by atoms with Gasteiger partial charge in [0, 0.05) is 22.8 Å². The Morgan fingerprint density at radius 3 is 2.82 bits per heavy atom. The fraction of sp³-hybridized carbons (Fsp3) is 0.312. The third kappa shape index (κ3) is 3.34. The van der Waals surface area contributed by atoms with Gasteiger partial charge in [0.25, 0.3) is 0 Å². The molecule has 0 unspecified atom stereocenters. The number of likely N-dealkylation sites (tertiary alicyclic amines) is 1. The standard InChI is InChI=1S/C16H16BrN3O2/c17-12-5-3-11(4-6-12)15-18-8-7-13(19-15)10-20-9-1-2-14(20)16(21)22/h3-8,14H,1-2,9-10H2,(H,21,22)/t14-/m0/s1. The number of halogens is 1. The van der Waals surface area contributed by atoms with Gasteiger partial charge in [0.15, 0.2) is 5.82 Å². The van der Waals surface area contributed by atoms with Crippen molar-refractivity contribution >= 4 is 21.9 Å². The van der Waals surface area contributed by atoms with Crippen LogP contribution in [0.4, 0.5) is 0 Å². The lowest BCUT2D eigenvalue weighted by molar-refractivity contribution is -0.142. The molecule has 1 aromatic carbocycles. The van der Waals surface area contributed by atoms with Gasteiger partial charge in [0.05, 0.1) is 5.69 Å². The van der Waals surface area contributed by atoms with Gasteiger partial charge in [-0.15, -0.1) is 0 Å². The summed E-state index contributed by atoms with van der Waals surface area (Å²) in [6.07, 6.45) is 3.35. The molecule has 0 aliphatic carbocycles. The zero-order valence-corrected chi connectivity index (χ0v) is 13.5. The van der Waals surface area contributed by atoms with Gasteiger partial charge in [-0.05, 0) is 37.6 Å². The smallest absolute Gasteiger partial charge is 0.320 e. The van der Waals surface area contributed by atoms with Crippen LogP contribution in [0.3, 0.4) is 0 Å². The van der Waals surface area contributed by atoms with E-state index in [9.17, 15) is 9.90 Å². The van der Waals surface area contributed by atoms with Crippen molar-refractivity contribution in [2.75, 3.05) is 6.54 Å². The largest absolute Gasteiger partial charge is 0.480 e. The molecule has 3 rings (SSSR count). The zero-order chi connectivity index (χ0) is 15.5. The Kier molecular flexibility index (Phi) is 4.49.